The number of hydrogen-bond acceptors (Lipinski definition) is 3. The normalized spacial score (nSPS) is 11.6. The third-order valence-electron chi connectivity index (χ3n) is 3.46. The van der Waals surface area contributed by atoms with Crippen LogP contribution in [0.4, 0.5) is 5.69 Å². The lowest BCUT2D eigenvalue weighted by Crippen LogP contribution is -2.25. The number of benzene rings is 1. The summed E-state index contributed by atoms with van der Waals surface area (Å²) in [5, 5.41) is 3.45. The Morgan fingerprint density at radius 3 is 2.90 bits per heavy atom. The number of imidazole rings is 1. The van der Waals surface area contributed by atoms with Crippen LogP contribution < -0.4 is 5.32 Å². The molecule has 0 aliphatic heterocycles. The molecule has 4 nitrogen and oxygen atoms in total. The minimum Gasteiger partial charge on any atom is -0.385 e. The zero-order valence-corrected chi connectivity index (χ0v) is 12.5. The highest BCUT2D eigenvalue weighted by Gasteiger charge is 2.15. The molecule has 108 valence electrons. The van der Waals surface area contributed by atoms with Crippen LogP contribution in [0.15, 0.2) is 43.0 Å². The highest BCUT2D eigenvalue weighted by Crippen LogP contribution is 2.15. The largest absolute Gasteiger partial charge is 0.385 e. The van der Waals surface area contributed by atoms with E-state index in [4.69, 9.17) is 4.74 Å². The minimum atomic E-state index is -0.0819. The van der Waals surface area contributed by atoms with Gasteiger partial charge in [-0.05, 0) is 38.0 Å². The molecule has 0 fully saturated rings. The fourth-order valence-corrected chi connectivity index (χ4v) is 1.98. The van der Waals surface area contributed by atoms with E-state index in [0.717, 1.165) is 25.2 Å². The molecule has 0 aliphatic carbocycles. The smallest absolute Gasteiger partial charge is 0.0949 e. The fourth-order valence-electron chi connectivity index (χ4n) is 1.98. The number of nitrogens with one attached hydrogen (secondary N) is 1. The van der Waals surface area contributed by atoms with Crippen LogP contribution in [-0.4, -0.2) is 28.8 Å². The zero-order valence-electron chi connectivity index (χ0n) is 12.5. The molecule has 2 rings (SSSR count). The van der Waals surface area contributed by atoms with E-state index in [2.05, 4.69) is 53.0 Å². The Morgan fingerprint density at radius 1 is 1.35 bits per heavy atom. The fraction of sp³-hybridized carbons (Fsp3) is 0.438. The van der Waals surface area contributed by atoms with Crippen molar-refractivity contribution in [3.05, 3.63) is 48.5 Å². The summed E-state index contributed by atoms with van der Waals surface area (Å²) in [5.74, 6) is 0. The van der Waals surface area contributed by atoms with Gasteiger partial charge in [0.15, 0.2) is 0 Å². The molecule has 4 heteroatoms. The molecule has 0 amide bonds. The van der Waals surface area contributed by atoms with Crippen molar-refractivity contribution in [1.29, 1.82) is 0 Å². The maximum atomic E-state index is 5.42. The summed E-state index contributed by atoms with van der Waals surface area (Å²) in [6.07, 6.45) is 6.58. The highest BCUT2D eigenvalue weighted by atomic mass is 16.5. The van der Waals surface area contributed by atoms with E-state index in [0.29, 0.717) is 0 Å². The molecular weight excluding hydrogens is 250 g/mol. The van der Waals surface area contributed by atoms with Crippen molar-refractivity contribution in [3.63, 3.8) is 0 Å². The van der Waals surface area contributed by atoms with Crippen LogP contribution in [0.1, 0.15) is 25.8 Å². The van der Waals surface area contributed by atoms with Gasteiger partial charge < -0.3 is 14.6 Å². The minimum absolute atomic E-state index is 0.0819. The Bertz CT molecular complexity index is 520. The number of methoxy groups -OCH3 is 1. The summed E-state index contributed by atoms with van der Waals surface area (Å²) in [6.45, 7) is 5.95. The molecule has 0 saturated carbocycles. The Kier molecular flexibility index (Phi) is 4.79. The standard InChI is InChI=1S/C16H23N3O/c1-16(2,20-3)7-8-18-15-6-4-5-14(11-15)12-19-10-9-17-13-19/h4-6,9-11,13,18H,7-8,12H2,1-3H3. The van der Waals surface area contributed by atoms with Crippen molar-refractivity contribution < 1.29 is 4.74 Å². The van der Waals surface area contributed by atoms with Crippen LogP contribution in [0, 0.1) is 0 Å². The third kappa shape index (κ3) is 4.38. The molecule has 0 bridgehead atoms. The molecular formula is C16H23N3O. The van der Waals surface area contributed by atoms with Gasteiger partial charge >= 0.3 is 0 Å². The van der Waals surface area contributed by atoms with E-state index in [1.807, 2.05) is 12.5 Å². The van der Waals surface area contributed by atoms with Crippen LogP contribution >= 0.6 is 0 Å². The molecule has 0 saturated heterocycles. The lowest BCUT2D eigenvalue weighted by atomic mass is 10.1. The van der Waals surface area contributed by atoms with E-state index >= 15 is 0 Å². The third-order valence-corrected chi connectivity index (χ3v) is 3.46. The Balaban J connectivity index is 1.89. The van der Waals surface area contributed by atoms with E-state index in [1.54, 1.807) is 13.3 Å². The number of nitrogens with zero attached hydrogens (tertiary/aromatic N) is 2. The molecule has 0 radical (unpaired) electrons. The van der Waals surface area contributed by atoms with Crippen molar-refractivity contribution in [1.82, 2.24) is 9.55 Å². The molecule has 0 aliphatic rings. The summed E-state index contributed by atoms with van der Waals surface area (Å²) < 4.78 is 7.48. The van der Waals surface area contributed by atoms with Crippen molar-refractivity contribution >= 4 is 5.69 Å². The molecule has 0 unspecified atom stereocenters. The van der Waals surface area contributed by atoms with Crippen molar-refractivity contribution in [2.45, 2.75) is 32.4 Å². The first-order chi connectivity index (χ1) is 9.59. The molecule has 1 N–H and O–H groups in total. The number of aromatic nitrogens is 2. The number of rotatable bonds is 7. The molecule has 2 aromatic rings. The lowest BCUT2D eigenvalue weighted by molar-refractivity contribution is 0.0185. The number of ether oxygens (including phenoxy) is 1. The van der Waals surface area contributed by atoms with Gasteiger partial charge in [0.25, 0.3) is 0 Å². The Hall–Kier alpha value is -1.81. The zero-order chi connectivity index (χ0) is 14.4. The summed E-state index contributed by atoms with van der Waals surface area (Å²) >= 11 is 0. The maximum Gasteiger partial charge on any atom is 0.0949 e. The first-order valence-corrected chi connectivity index (χ1v) is 6.93. The van der Waals surface area contributed by atoms with Crippen LogP contribution in [0.2, 0.25) is 0 Å². The van der Waals surface area contributed by atoms with Gasteiger partial charge in [-0.25, -0.2) is 4.98 Å². The van der Waals surface area contributed by atoms with Crippen LogP contribution in [0.3, 0.4) is 0 Å². The Morgan fingerprint density at radius 2 is 2.20 bits per heavy atom. The van der Waals surface area contributed by atoms with E-state index in [9.17, 15) is 0 Å². The van der Waals surface area contributed by atoms with Gasteiger partial charge in [-0.3, -0.25) is 0 Å². The molecule has 1 aromatic heterocycles. The van der Waals surface area contributed by atoms with Crippen LogP contribution in [0.5, 0.6) is 0 Å². The molecule has 0 spiro atoms. The molecule has 0 atom stereocenters. The van der Waals surface area contributed by atoms with Crippen molar-refractivity contribution in [3.8, 4) is 0 Å². The second-order valence-electron chi connectivity index (χ2n) is 5.58. The van der Waals surface area contributed by atoms with Gasteiger partial charge in [0.05, 0.1) is 11.9 Å². The van der Waals surface area contributed by atoms with Crippen molar-refractivity contribution in [2.24, 2.45) is 0 Å². The van der Waals surface area contributed by atoms with Crippen LogP contribution in [0.25, 0.3) is 0 Å². The van der Waals surface area contributed by atoms with Gasteiger partial charge in [0, 0.05) is 38.3 Å². The average molecular weight is 273 g/mol. The first-order valence-electron chi connectivity index (χ1n) is 6.93. The summed E-state index contributed by atoms with van der Waals surface area (Å²) in [7, 11) is 1.76. The van der Waals surface area contributed by atoms with Crippen molar-refractivity contribution in [2.75, 3.05) is 19.0 Å². The SMILES string of the molecule is COC(C)(C)CCNc1cccc(Cn2ccnc2)c1. The summed E-state index contributed by atoms with van der Waals surface area (Å²) in [6, 6.07) is 8.48. The quantitative estimate of drug-likeness (QED) is 0.842. The molecule has 1 heterocycles. The van der Waals surface area contributed by atoms with Crippen LogP contribution in [-0.2, 0) is 11.3 Å². The molecule has 20 heavy (non-hydrogen) atoms. The average Bonchev–Trinajstić information content (AvgIpc) is 2.92. The lowest BCUT2D eigenvalue weighted by Gasteiger charge is -2.23. The monoisotopic (exact) mass is 273 g/mol. The van der Waals surface area contributed by atoms with Gasteiger partial charge in [-0.1, -0.05) is 12.1 Å². The van der Waals surface area contributed by atoms with E-state index < -0.39 is 0 Å². The van der Waals surface area contributed by atoms with Gasteiger partial charge in [0.1, 0.15) is 0 Å². The molecule has 1 aromatic carbocycles. The second-order valence-corrected chi connectivity index (χ2v) is 5.58. The number of anilines is 1. The van der Waals surface area contributed by atoms with E-state index in [-0.39, 0.29) is 5.60 Å². The van der Waals surface area contributed by atoms with Gasteiger partial charge in [0.2, 0.25) is 0 Å². The predicted molar refractivity (Wildman–Crippen MR) is 82.0 cm³/mol. The van der Waals surface area contributed by atoms with Gasteiger partial charge in [-0.15, -0.1) is 0 Å². The highest BCUT2D eigenvalue weighted by molar-refractivity contribution is 5.45. The topological polar surface area (TPSA) is 39.1 Å². The summed E-state index contributed by atoms with van der Waals surface area (Å²) in [5.41, 5.74) is 2.33. The Labute approximate surface area is 120 Å². The maximum absolute atomic E-state index is 5.42. The summed E-state index contributed by atoms with van der Waals surface area (Å²) in [4.78, 5) is 4.06. The second kappa shape index (κ2) is 6.57. The first kappa shape index (κ1) is 14.6. The number of hydrogen-bond donors (Lipinski definition) is 1. The van der Waals surface area contributed by atoms with Gasteiger partial charge in [-0.2, -0.15) is 0 Å². The predicted octanol–water partition coefficient (Wildman–Crippen LogP) is 3.16. The van der Waals surface area contributed by atoms with E-state index in [1.165, 1.54) is 5.56 Å².